The number of oxazole rings is 1. The van der Waals surface area contributed by atoms with Crippen molar-refractivity contribution >= 4 is 15.9 Å². The van der Waals surface area contributed by atoms with Gasteiger partial charge in [0.25, 0.3) is 5.91 Å². The van der Waals surface area contributed by atoms with Crippen LogP contribution in [-0.2, 0) is 10.0 Å². The summed E-state index contributed by atoms with van der Waals surface area (Å²) in [5.41, 5.74) is 1.21. The minimum atomic E-state index is -3.52. The first-order valence-corrected chi connectivity index (χ1v) is 8.63. The van der Waals surface area contributed by atoms with Crippen molar-refractivity contribution < 1.29 is 17.6 Å². The predicted octanol–water partition coefficient (Wildman–Crippen LogP) is 1.39. The van der Waals surface area contributed by atoms with Crippen LogP contribution in [0.2, 0.25) is 0 Å². The van der Waals surface area contributed by atoms with E-state index in [0.29, 0.717) is 18.9 Å². The maximum Gasteiger partial charge on any atom is 0.273 e. The fourth-order valence-electron chi connectivity index (χ4n) is 1.86. The third kappa shape index (κ3) is 4.90. The lowest BCUT2D eigenvalue weighted by Crippen LogP contribution is -2.30. The summed E-state index contributed by atoms with van der Waals surface area (Å²) < 4.78 is 31.5. The molecule has 124 valence electrons. The first kappa shape index (κ1) is 17.2. The summed E-state index contributed by atoms with van der Waals surface area (Å²) in [5, 5.41) is 2.65. The lowest BCUT2D eigenvalue weighted by molar-refractivity contribution is 0.0948. The van der Waals surface area contributed by atoms with Crippen molar-refractivity contribution in [2.75, 3.05) is 13.1 Å². The highest BCUT2D eigenvalue weighted by atomic mass is 32.2. The van der Waals surface area contributed by atoms with Crippen molar-refractivity contribution in [3.63, 3.8) is 0 Å². The van der Waals surface area contributed by atoms with Crippen LogP contribution < -0.4 is 10.0 Å². The summed E-state index contributed by atoms with van der Waals surface area (Å²) in [5.74, 6) is 0.0734. The average molecular weight is 337 g/mol. The summed E-state index contributed by atoms with van der Waals surface area (Å²) in [4.78, 5) is 15.8. The lowest BCUT2D eigenvalue weighted by Gasteiger charge is -2.07. The molecule has 0 saturated heterocycles. The third-order valence-electron chi connectivity index (χ3n) is 3.11. The molecule has 23 heavy (non-hydrogen) atoms. The van der Waals surface area contributed by atoms with Gasteiger partial charge in [0.1, 0.15) is 6.26 Å². The Balaban J connectivity index is 1.74. The number of nitrogens with one attached hydrogen (secondary N) is 2. The van der Waals surface area contributed by atoms with Gasteiger partial charge in [-0.15, -0.1) is 0 Å². The molecule has 0 unspecified atom stereocenters. The van der Waals surface area contributed by atoms with Gasteiger partial charge in [0.2, 0.25) is 10.0 Å². The van der Waals surface area contributed by atoms with E-state index < -0.39 is 10.0 Å². The van der Waals surface area contributed by atoms with Crippen LogP contribution in [0.4, 0.5) is 0 Å². The molecule has 0 aliphatic carbocycles. The van der Waals surface area contributed by atoms with Gasteiger partial charge in [-0.2, -0.15) is 0 Å². The fourth-order valence-corrected chi connectivity index (χ4v) is 2.93. The van der Waals surface area contributed by atoms with E-state index >= 15 is 0 Å². The van der Waals surface area contributed by atoms with Crippen LogP contribution in [0.5, 0.6) is 0 Å². The Kier molecular flexibility index (Phi) is 5.51. The Morgan fingerprint density at radius 1 is 1.17 bits per heavy atom. The Bertz CT molecular complexity index is 766. The second-order valence-corrected chi connectivity index (χ2v) is 6.84. The van der Waals surface area contributed by atoms with E-state index in [1.165, 1.54) is 6.26 Å². The number of carbonyl (C=O) groups excluding carboxylic acids is 1. The number of aromatic nitrogens is 1. The van der Waals surface area contributed by atoms with Gasteiger partial charge in [0, 0.05) is 20.0 Å². The van der Waals surface area contributed by atoms with E-state index in [9.17, 15) is 13.2 Å². The van der Waals surface area contributed by atoms with Gasteiger partial charge in [-0.3, -0.25) is 4.79 Å². The van der Waals surface area contributed by atoms with Gasteiger partial charge in [-0.05, 0) is 25.5 Å². The van der Waals surface area contributed by atoms with Crippen LogP contribution in [0.3, 0.4) is 0 Å². The Hall–Kier alpha value is -2.19. The zero-order valence-corrected chi connectivity index (χ0v) is 13.8. The molecule has 1 aromatic carbocycles. The molecule has 0 fully saturated rings. The van der Waals surface area contributed by atoms with Crippen molar-refractivity contribution in [1.29, 1.82) is 0 Å². The number of rotatable bonds is 7. The molecule has 1 amide bonds. The molecule has 0 aliphatic heterocycles. The Morgan fingerprint density at radius 2 is 1.87 bits per heavy atom. The smallest absolute Gasteiger partial charge is 0.273 e. The van der Waals surface area contributed by atoms with Crippen molar-refractivity contribution in [3.8, 4) is 0 Å². The normalized spacial score (nSPS) is 11.4. The van der Waals surface area contributed by atoms with Gasteiger partial charge in [-0.25, -0.2) is 18.1 Å². The largest absolute Gasteiger partial charge is 0.448 e. The molecule has 8 heteroatoms. The van der Waals surface area contributed by atoms with Crippen LogP contribution in [0, 0.1) is 13.8 Å². The molecule has 0 spiro atoms. The highest BCUT2D eigenvalue weighted by Gasteiger charge is 2.13. The number of benzene rings is 1. The number of aryl methyl sites for hydroxylation is 2. The standard InChI is InChI=1S/C15H19N3O4S/c1-11-4-6-13(7-5-11)23(20,21)17-9-3-8-16-15(19)14-10-22-12(2)18-14/h4-7,10,17H,3,8-9H2,1-2H3,(H,16,19). The molecule has 0 radical (unpaired) electrons. The van der Waals surface area contributed by atoms with E-state index in [1.54, 1.807) is 31.2 Å². The van der Waals surface area contributed by atoms with E-state index in [0.717, 1.165) is 5.56 Å². The van der Waals surface area contributed by atoms with Gasteiger partial charge < -0.3 is 9.73 Å². The monoisotopic (exact) mass is 337 g/mol. The number of hydrogen-bond acceptors (Lipinski definition) is 5. The number of sulfonamides is 1. The SMILES string of the molecule is Cc1ccc(S(=O)(=O)NCCCNC(=O)c2coc(C)n2)cc1. The molecule has 2 aromatic rings. The zero-order chi connectivity index (χ0) is 16.9. The van der Waals surface area contributed by atoms with Gasteiger partial charge >= 0.3 is 0 Å². The van der Waals surface area contributed by atoms with Gasteiger partial charge in [0.05, 0.1) is 4.90 Å². The first-order chi connectivity index (χ1) is 10.9. The second kappa shape index (κ2) is 7.38. The lowest BCUT2D eigenvalue weighted by atomic mass is 10.2. The minimum Gasteiger partial charge on any atom is -0.448 e. The number of carbonyl (C=O) groups is 1. The summed E-state index contributed by atoms with van der Waals surface area (Å²) in [6.07, 6.45) is 1.75. The van der Waals surface area contributed by atoms with E-state index in [2.05, 4.69) is 15.0 Å². The first-order valence-electron chi connectivity index (χ1n) is 7.15. The highest BCUT2D eigenvalue weighted by Crippen LogP contribution is 2.09. The number of hydrogen-bond donors (Lipinski definition) is 2. The zero-order valence-electron chi connectivity index (χ0n) is 13.0. The van der Waals surface area contributed by atoms with Crippen molar-refractivity contribution in [2.45, 2.75) is 25.2 Å². The quantitative estimate of drug-likeness (QED) is 0.744. The van der Waals surface area contributed by atoms with E-state index in [1.807, 2.05) is 6.92 Å². The van der Waals surface area contributed by atoms with Gasteiger partial charge in [-0.1, -0.05) is 17.7 Å². The van der Waals surface area contributed by atoms with Crippen LogP contribution in [0.1, 0.15) is 28.4 Å². The predicted molar refractivity (Wildman–Crippen MR) is 84.6 cm³/mol. The molecule has 2 N–H and O–H groups in total. The molecular weight excluding hydrogens is 318 g/mol. The fraction of sp³-hybridized carbons (Fsp3) is 0.333. The number of nitrogens with zero attached hydrogens (tertiary/aromatic N) is 1. The van der Waals surface area contributed by atoms with Crippen molar-refractivity contribution in [2.24, 2.45) is 0 Å². The van der Waals surface area contributed by atoms with Crippen molar-refractivity contribution in [3.05, 3.63) is 47.7 Å². The van der Waals surface area contributed by atoms with Crippen LogP contribution in [-0.4, -0.2) is 32.4 Å². The van der Waals surface area contributed by atoms with E-state index in [4.69, 9.17) is 4.42 Å². The van der Waals surface area contributed by atoms with Crippen molar-refractivity contribution in [1.82, 2.24) is 15.0 Å². The molecular formula is C15H19N3O4S. The molecule has 0 atom stereocenters. The maximum absolute atomic E-state index is 12.0. The summed E-state index contributed by atoms with van der Waals surface area (Å²) in [6.45, 7) is 4.11. The third-order valence-corrected chi connectivity index (χ3v) is 4.59. The Morgan fingerprint density at radius 3 is 2.48 bits per heavy atom. The maximum atomic E-state index is 12.0. The van der Waals surface area contributed by atoms with Crippen LogP contribution in [0.15, 0.2) is 39.8 Å². The summed E-state index contributed by atoms with van der Waals surface area (Å²) in [7, 11) is -3.52. The topological polar surface area (TPSA) is 101 Å². The molecule has 2 rings (SSSR count). The average Bonchev–Trinajstić information content (AvgIpc) is 2.94. The summed E-state index contributed by atoms with van der Waals surface area (Å²) >= 11 is 0. The molecule has 0 bridgehead atoms. The molecule has 0 aliphatic rings. The highest BCUT2D eigenvalue weighted by molar-refractivity contribution is 7.89. The number of amides is 1. The Labute approximate surface area is 135 Å². The molecule has 0 saturated carbocycles. The van der Waals surface area contributed by atoms with Crippen LogP contribution >= 0.6 is 0 Å². The summed E-state index contributed by atoms with van der Waals surface area (Å²) in [6, 6.07) is 6.61. The second-order valence-electron chi connectivity index (χ2n) is 5.07. The molecule has 1 heterocycles. The van der Waals surface area contributed by atoms with Crippen LogP contribution in [0.25, 0.3) is 0 Å². The minimum absolute atomic E-state index is 0.211. The molecule has 1 aromatic heterocycles. The van der Waals surface area contributed by atoms with E-state index in [-0.39, 0.29) is 23.0 Å². The van der Waals surface area contributed by atoms with Gasteiger partial charge in [0.15, 0.2) is 11.6 Å². The molecule has 7 nitrogen and oxygen atoms in total.